The number of nitrogen functional groups attached to an aromatic ring is 1. The molecule has 3 heteroatoms. The average Bonchev–Trinajstić information content (AvgIpc) is 1.86. The molecule has 0 amide bonds. The van der Waals surface area contributed by atoms with E-state index >= 15 is 0 Å². The van der Waals surface area contributed by atoms with Crippen molar-refractivity contribution in [1.82, 2.24) is 4.68 Å². The van der Waals surface area contributed by atoms with E-state index in [0.717, 1.165) is 0 Å². The van der Waals surface area contributed by atoms with Crippen molar-refractivity contribution in [1.29, 1.82) is 0 Å². The Morgan fingerprint density at radius 1 is 1.14 bits per heavy atom. The van der Waals surface area contributed by atoms with Crippen LogP contribution in [0.5, 0.6) is 0 Å². The Hall–Kier alpha value is -0.297. The van der Waals surface area contributed by atoms with E-state index in [0.29, 0.717) is 0 Å². The van der Waals surface area contributed by atoms with Gasteiger partial charge in [-0.3, -0.25) is 4.68 Å². The van der Waals surface area contributed by atoms with E-state index in [-0.39, 0.29) is 19.5 Å². The molecule has 2 N–H and O–H groups in total. The van der Waals surface area contributed by atoms with Crippen LogP contribution in [0.2, 0.25) is 0 Å². The summed E-state index contributed by atoms with van der Waals surface area (Å²) in [6, 6.07) is 3.75. The second-order valence-electron chi connectivity index (χ2n) is 1.13. The molecule has 0 saturated heterocycles. The topological polar surface area (TPSA) is 30.9 Å². The predicted octanol–water partition coefficient (Wildman–Crippen LogP) is 0.199. The summed E-state index contributed by atoms with van der Waals surface area (Å²) in [5.74, 6) is 5.19. The van der Waals surface area contributed by atoms with E-state index in [1.807, 2.05) is 12.1 Å². The zero-order valence-electron chi connectivity index (χ0n) is 4.04. The molecule has 0 aliphatic heterocycles. The van der Waals surface area contributed by atoms with Crippen LogP contribution in [-0.2, 0) is 19.5 Å². The van der Waals surface area contributed by atoms with Crippen LogP contribution in [0.15, 0.2) is 24.5 Å². The Balaban J connectivity index is 0.000000360. The van der Waals surface area contributed by atoms with Crippen LogP contribution in [0, 0.1) is 0 Å². The first-order valence-electron chi connectivity index (χ1n) is 1.77. The summed E-state index contributed by atoms with van der Waals surface area (Å²) in [7, 11) is 0. The van der Waals surface area contributed by atoms with Gasteiger partial charge in [0.15, 0.2) is 0 Å². The molecule has 0 bridgehead atoms. The first-order valence-corrected chi connectivity index (χ1v) is 1.77. The average molecular weight is 147 g/mol. The molecular formula is C4H6N2Zn. The normalized spacial score (nSPS) is 7.43. The monoisotopic (exact) mass is 146 g/mol. The van der Waals surface area contributed by atoms with E-state index in [1.165, 1.54) is 4.68 Å². The minimum absolute atomic E-state index is 0. The molecular weight excluding hydrogens is 141 g/mol. The molecule has 0 aliphatic carbocycles. The molecule has 0 unspecified atom stereocenters. The first kappa shape index (κ1) is 6.70. The van der Waals surface area contributed by atoms with Gasteiger partial charge in [0.25, 0.3) is 0 Å². The van der Waals surface area contributed by atoms with Crippen molar-refractivity contribution in [2.75, 3.05) is 5.84 Å². The van der Waals surface area contributed by atoms with Gasteiger partial charge in [-0.05, 0) is 12.1 Å². The quantitative estimate of drug-likeness (QED) is 0.413. The maximum absolute atomic E-state index is 5.19. The van der Waals surface area contributed by atoms with Gasteiger partial charge in [-0.15, -0.1) is 0 Å². The molecule has 7 heavy (non-hydrogen) atoms. The van der Waals surface area contributed by atoms with Crippen LogP contribution in [0.3, 0.4) is 0 Å². The maximum atomic E-state index is 5.19. The van der Waals surface area contributed by atoms with Gasteiger partial charge in [-0.2, -0.15) is 0 Å². The van der Waals surface area contributed by atoms with Crippen LogP contribution in [0.1, 0.15) is 0 Å². The van der Waals surface area contributed by atoms with Crippen molar-refractivity contribution in [3.63, 3.8) is 0 Å². The van der Waals surface area contributed by atoms with E-state index in [1.54, 1.807) is 12.4 Å². The number of nitrogens with two attached hydrogens (primary N) is 1. The van der Waals surface area contributed by atoms with Gasteiger partial charge < -0.3 is 5.84 Å². The summed E-state index contributed by atoms with van der Waals surface area (Å²) in [5.41, 5.74) is 0. The van der Waals surface area contributed by atoms with E-state index in [2.05, 4.69) is 0 Å². The summed E-state index contributed by atoms with van der Waals surface area (Å²) in [6.45, 7) is 0. The molecule has 0 aliphatic rings. The number of nitrogens with zero attached hydrogens (tertiary/aromatic N) is 1. The Labute approximate surface area is 55.0 Å². The third-order valence-corrected chi connectivity index (χ3v) is 0.628. The van der Waals surface area contributed by atoms with Crippen molar-refractivity contribution >= 4 is 0 Å². The van der Waals surface area contributed by atoms with E-state index < -0.39 is 0 Å². The molecule has 1 aromatic rings. The van der Waals surface area contributed by atoms with Gasteiger partial charge in [0.1, 0.15) is 0 Å². The second-order valence-corrected chi connectivity index (χ2v) is 1.13. The standard InChI is InChI=1S/C4H6N2.Zn/c5-6-3-1-2-4-6;/h1-4H,5H2;. The molecule has 0 spiro atoms. The Morgan fingerprint density at radius 3 is 1.71 bits per heavy atom. The predicted molar refractivity (Wildman–Crippen MR) is 24.6 cm³/mol. The van der Waals surface area contributed by atoms with Gasteiger partial charge in [-0.25, -0.2) is 0 Å². The van der Waals surface area contributed by atoms with Gasteiger partial charge in [-0.1, -0.05) is 0 Å². The molecule has 0 aromatic carbocycles. The van der Waals surface area contributed by atoms with Crippen LogP contribution in [-0.4, -0.2) is 4.68 Å². The van der Waals surface area contributed by atoms with Crippen LogP contribution >= 0.6 is 0 Å². The maximum Gasteiger partial charge on any atom is 0.0256 e. The van der Waals surface area contributed by atoms with E-state index in [9.17, 15) is 0 Å². The molecule has 34 valence electrons. The summed E-state index contributed by atoms with van der Waals surface area (Å²) in [5, 5.41) is 0. The number of aromatic nitrogens is 1. The van der Waals surface area contributed by atoms with Crippen LogP contribution in [0.4, 0.5) is 0 Å². The minimum atomic E-state index is 0. The summed E-state index contributed by atoms with van der Waals surface area (Å²) < 4.78 is 1.50. The Bertz CT molecular complexity index is 113. The fourth-order valence-corrected chi connectivity index (χ4v) is 0.348. The van der Waals surface area contributed by atoms with Gasteiger partial charge >= 0.3 is 0 Å². The molecule has 1 aromatic heterocycles. The van der Waals surface area contributed by atoms with Gasteiger partial charge in [0.05, 0.1) is 0 Å². The minimum Gasteiger partial charge on any atom is -0.340 e. The smallest absolute Gasteiger partial charge is 0.0256 e. The summed E-state index contributed by atoms with van der Waals surface area (Å²) >= 11 is 0. The van der Waals surface area contributed by atoms with Gasteiger partial charge in [0, 0.05) is 31.9 Å². The molecule has 1 rings (SSSR count). The summed E-state index contributed by atoms with van der Waals surface area (Å²) in [4.78, 5) is 0. The molecule has 1 heterocycles. The van der Waals surface area contributed by atoms with E-state index in [4.69, 9.17) is 5.84 Å². The fourth-order valence-electron chi connectivity index (χ4n) is 0.348. The van der Waals surface area contributed by atoms with Crippen LogP contribution in [0.25, 0.3) is 0 Å². The molecule has 0 saturated carbocycles. The largest absolute Gasteiger partial charge is 0.340 e. The third-order valence-electron chi connectivity index (χ3n) is 0.628. The second kappa shape index (κ2) is 2.81. The van der Waals surface area contributed by atoms with Crippen molar-refractivity contribution in [2.45, 2.75) is 0 Å². The third kappa shape index (κ3) is 1.74. The fraction of sp³-hybridized carbons (Fsp3) is 0. The van der Waals surface area contributed by atoms with Gasteiger partial charge in [0.2, 0.25) is 0 Å². The molecule has 0 fully saturated rings. The van der Waals surface area contributed by atoms with Crippen LogP contribution < -0.4 is 5.84 Å². The van der Waals surface area contributed by atoms with Crippen molar-refractivity contribution < 1.29 is 19.5 Å². The molecule has 2 nitrogen and oxygen atoms in total. The Kier molecular flexibility index (Phi) is 2.69. The Morgan fingerprint density at radius 2 is 1.57 bits per heavy atom. The first-order chi connectivity index (χ1) is 2.89. The van der Waals surface area contributed by atoms with Crippen molar-refractivity contribution in [3.8, 4) is 0 Å². The number of hydrogen-bond acceptors (Lipinski definition) is 1. The number of rotatable bonds is 0. The summed E-state index contributed by atoms with van der Waals surface area (Å²) in [6.07, 6.45) is 3.56. The number of hydrogen-bond donors (Lipinski definition) is 1. The zero-order valence-corrected chi connectivity index (χ0v) is 7.01. The van der Waals surface area contributed by atoms with Crippen molar-refractivity contribution in [2.24, 2.45) is 0 Å². The zero-order chi connectivity index (χ0) is 4.41. The SMILES string of the molecule is Nn1cccc1.[Zn]. The van der Waals surface area contributed by atoms with Crippen molar-refractivity contribution in [3.05, 3.63) is 24.5 Å². The molecule has 0 atom stereocenters. The molecule has 0 radical (unpaired) electrons.